The Kier molecular flexibility index (Phi) is 4.91. The van der Waals surface area contributed by atoms with Gasteiger partial charge < -0.3 is 19.7 Å². The highest BCUT2D eigenvalue weighted by Gasteiger charge is 2.75. The van der Waals surface area contributed by atoms with Crippen molar-refractivity contribution >= 4 is 11.6 Å². The smallest absolute Gasteiger partial charge is 0.193 e. The number of Topliss-reactive ketones (excluding diaryl/α,β-unsaturated/α-hetero) is 1. The van der Waals surface area contributed by atoms with E-state index in [-0.39, 0.29) is 34.7 Å². The zero-order valence-corrected chi connectivity index (χ0v) is 18.7. The summed E-state index contributed by atoms with van der Waals surface area (Å²) in [6.45, 7) is 5.67. The van der Waals surface area contributed by atoms with Gasteiger partial charge in [-0.2, -0.15) is 0 Å². The summed E-state index contributed by atoms with van der Waals surface area (Å²) in [6.07, 6.45) is 8.31. The first-order chi connectivity index (χ1) is 14.7. The molecule has 0 aromatic carbocycles. The van der Waals surface area contributed by atoms with Gasteiger partial charge in [-0.15, -0.1) is 0 Å². The molecule has 0 aromatic heterocycles. The van der Waals surface area contributed by atoms with Crippen LogP contribution in [0, 0.1) is 28.6 Å². The molecule has 0 spiro atoms. The van der Waals surface area contributed by atoms with E-state index in [4.69, 9.17) is 9.47 Å². The number of rotatable bonds is 4. The number of ketones is 2. The van der Waals surface area contributed by atoms with E-state index in [2.05, 4.69) is 20.8 Å². The molecular weight excluding hydrogens is 396 g/mol. The summed E-state index contributed by atoms with van der Waals surface area (Å²) in [4.78, 5) is 25.2. The molecule has 5 aliphatic rings. The molecule has 9 atom stereocenters. The van der Waals surface area contributed by atoms with Crippen LogP contribution in [0.25, 0.3) is 0 Å². The number of ether oxygens (including phenoxy) is 2. The molecule has 4 aliphatic carbocycles. The van der Waals surface area contributed by atoms with Gasteiger partial charge in [0.05, 0.1) is 12.2 Å². The number of carbonyl (C=O) groups is 2. The molecule has 0 radical (unpaired) electrons. The van der Waals surface area contributed by atoms with E-state index in [0.717, 1.165) is 24.8 Å². The fraction of sp³-hybridized carbons (Fsp3) is 0.760. The average Bonchev–Trinajstić information content (AvgIpc) is 3.20. The topological polar surface area (TPSA) is 93.1 Å². The highest BCUT2D eigenvalue weighted by molar-refractivity contribution is 6.01. The van der Waals surface area contributed by atoms with E-state index in [1.54, 1.807) is 12.2 Å². The van der Waals surface area contributed by atoms with Crippen molar-refractivity contribution in [3.63, 3.8) is 0 Å². The summed E-state index contributed by atoms with van der Waals surface area (Å²) in [6, 6.07) is 0. The lowest BCUT2D eigenvalue weighted by Crippen LogP contribution is -2.63. The molecule has 0 aromatic rings. The SMILES string of the molecule is CCC[C@@H]1O[C@@H]2C[C@H]3C4CCC5=CC(=O)C=CC5(C)[C@H]4[C@@H](O)CC3(C)[C@]2(C(=O)CO)O1. The minimum absolute atomic E-state index is 0.0125. The van der Waals surface area contributed by atoms with Gasteiger partial charge in [-0.25, -0.2) is 0 Å². The van der Waals surface area contributed by atoms with Crippen LogP contribution in [0.5, 0.6) is 0 Å². The summed E-state index contributed by atoms with van der Waals surface area (Å²) < 4.78 is 12.7. The third-order valence-corrected chi connectivity index (χ3v) is 9.37. The number of aliphatic hydroxyl groups is 2. The van der Waals surface area contributed by atoms with Crippen molar-refractivity contribution in [2.24, 2.45) is 28.6 Å². The number of allylic oxidation sites excluding steroid dienone is 4. The predicted octanol–water partition coefficient (Wildman–Crippen LogP) is 2.72. The zero-order chi connectivity index (χ0) is 22.2. The van der Waals surface area contributed by atoms with Gasteiger partial charge in [-0.1, -0.05) is 38.8 Å². The Morgan fingerprint density at radius 2 is 2.10 bits per heavy atom. The van der Waals surface area contributed by atoms with E-state index in [1.807, 2.05) is 6.08 Å². The molecule has 2 N–H and O–H groups in total. The maximum absolute atomic E-state index is 13.2. The number of fused-ring (bicyclic) bond motifs is 7. The Morgan fingerprint density at radius 1 is 1.32 bits per heavy atom. The van der Waals surface area contributed by atoms with Crippen molar-refractivity contribution in [2.75, 3.05) is 6.61 Å². The first-order valence-corrected chi connectivity index (χ1v) is 11.8. The normalized spacial score (nSPS) is 50.4. The molecule has 0 bridgehead atoms. The third kappa shape index (κ3) is 2.65. The van der Waals surface area contributed by atoms with Crippen molar-refractivity contribution in [3.05, 3.63) is 23.8 Å². The molecule has 4 fully saturated rings. The molecule has 1 heterocycles. The quantitative estimate of drug-likeness (QED) is 0.712. The summed E-state index contributed by atoms with van der Waals surface area (Å²) in [5, 5.41) is 21.4. The summed E-state index contributed by atoms with van der Waals surface area (Å²) in [5.74, 6) is 0.0274. The van der Waals surface area contributed by atoms with Crippen LogP contribution in [-0.2, 0) is 19.1 Å². The first kappa shape index (κ1) is 21.5. The Bertz CT molecular complexity index is 862. The lowest BCUT2D eigenvalue weighted by molar-refractivity contribution is -0.200. The molecule has 6 nitrogen and oxygen atoms in total. The van der Waals surface area contributed by atoms with Crippen LogP contribution in [0.2, 0.25) is 0 Å². The number of aliphatic hydroxyl groups excluding tert-OH is 2. The lowest BCUT2D eigenvalue weighted by atomic mass is 9.46. The number of hydrogen-bond donors (Lipinski definition) is 2. The second-order valence-corrected chi connectivity index (χ2v) is 10.7. The van der Waals surface area contributed by atoms with E-state index in [9.17, 15) is 19.8 Å². The summed E-state index contributed by atoms with van der Waals surface area (Å²) >= 11 is 0. The van der Waals surface area contributed by atoms with Gasteiger partial charge in [0.25, 0.3) is 0 Å². The van der Waals surface area contributed by atoms with Crippen molar-refractivity contribution < 1.29 is 29.3 Å². The van der Waals surface area contributed by atoms with Gasteiger partial charge >= 0.3 is 0 Å². The maximum atomic E-state index is 13.2. The second kappa shape index (κ2) is 7.08. The molecular formula is C25H34O6. The van der Waals surface area contributed by atoms with Gasteiger partial charge in [0.15, 0.2) is 23.5 Å². The maximum Gasteiger partial charge on any atom is 0.193 e. The largest absolute Gasteiger partial charge is 0.393 e. The molecule has 0 amide bonds. The van der Waals surface area contributed by atoms with Gasteiger partial charge in [0, 0.05) is 16.7 Å². The van der Waals surface area contributed by atoms with Crippen LogP contribution in [0.3, 0.4) is 0 Å². The Morgan fingerprint density at radius 3 is 2.81 bits per heavy atom. The Labute approximate surface area is 183 Å². The van der Waals surface area contributed by atoms with Gasteiger partial charge in [-0.3, -0.25) is 9.59 Å². The van der Waals surface area contributed by atoms with Crippen molar-refractivity contribution in [2.45, 2.75) is 83.4 Å². The van der Waals surface area contributed by atoms with E-state index < -0.39 is 36.1 Å². The van der Waals surface area contributed by atoms with Crippen LogP contribution in [0.15, 0.2) is 23.8 Å². The molecule has 3 unspecified atom stereocenters. The van der Waals surface area contributed by atoms with Gasteiger partial charge in [-0.05, 0) is 56.1 Å². The highest BCUT2D eigenvalue weighted by atomic mass is 16.7. The first-order valence-electron chi connectivity index (χ1n) is 11.8. The molecule has 1 aliphatic heterocycles. The minimum Gasteiger partial charge on any atom is -0.393 e. The van der Waals surface area contributed by atoms with E-state index in [1.165, 1.54) is 0 Å². The van der Waals surface area contributed by atoms with Crippen molar-refractivity contribution in [1.29, 1.82) is 0 Å². The Balaban J connectivity index is 1.55. The van der Waals surface area contributed by atoms with E-state index >= 15 is 0 Å². The molecule has 5 rings (SSSR count). The minimum atomic E-state index is -1.20. The summed E-state index contributed by atoms with van der Waals surface area (Å²) in [7, 11) is 0. The predicted molar refractivity (Wildman–Crippen MR) is 113 cm³/mol. The third-order valence-electron chi connectivity index (χ3n) is 9.37. The Hall–Kier alpha value is -1.34. The van der Waals surface area contributed by atoms with Crippen LogP contribution >= 0.6 is 0 Å². The van der Waals surface area contributed by atoms with Crippen LogP contribution in [0.4, 0.5) is 0 Å². The van der Waals surface area contributed by atoms with Crippen molar-refractivity contribution in [1.82, 2.24) is 0 Å². The fourth-order valence-electron chi connectivity index (χ4n) is 8.12. The number of hydrogen-bond acceptors (Lipinski definition) is 6. The van der Waals surface area contributed by atoms with Crippen LogP contribution < -0.4 is 0 Å². The average molecular weight is 431 g/mol. The molecule has 31 heavy (non-hydrogen) atoms. The molecule has 3 saturated carbocycles. The second-order valence-electron chi connectivity index (χ2n) is 10.7. The van der Waals surface area contributed by atoms with E-state index in [0.29, 0.717) is 19.3 Å². The zero-order valence-electron chi connectivity index (χ0n) is 18.7. The number of carbonyl (C=O) groups excluding carboxylic acids is 2. The highest BCUT2D eigenvalue weighted by Crippen LogP contribution is 2.69. The standard InChI is InChI=1S/C25H34O6/c1-4-5-21-30-20-11-17-16-7-6-14-10-15(27)8-9-23(14,2)22(16)18(28)12-24(17,3)25(20,31-21)19(29)13-26/h8-10,16-18,20-22,26,28H,4-7,11-13H2,1-3H3/t16?,17-,18-,20+,21+,22+,23?,24?,25+/m0/s1. The molecule has 6 heteroatoms. The fourth-order valence-corrected chi connectivity index (χ4v) is 8.12. The van der Waals surface area contributed by atoms with Crippen LogP contribution in [0.1, 0.15) is 59.3 Å². The van der Waals surface area contributed by atoms with Crippen LogP contribution in [-0.4, -0.2) is 52.5 Å². The molecule has 1 saturated heterocycles. The lowest BCUT2D eigenvalue weighted by Gasteiger charge is -2.59. The summed E-state index contributed by atoms with van der Waals surface area (Å²) in [5.41, 5.74) is -1.05. The van der Waals surface area contributed by atoms with Gasteiger partial charge in [0.1, 0.15) is 6.61 Å². The van der Waals surface area contributed by atoms with Gasteiger partial charge in [0.2, 0.25) is 0 Å². The van der Waals surface area contributed by atoms with Crippen molar-refractivity contribution in [3.8, 4) is 0 Å². The molecule has 170 valence electrons. The monoisotopic (exact) mass is 430 g/mol.